The number of ketones is 1. The summed E-state index contributed by atoms with van der Waals surface area (Å²) in [6.45, 7) is 4.34. The zero-order chi connectivity index (χ0) is 14.1. The molecule has 1 atom stereocenters. The predicted octanol–water partition coefficient (Wildman–Crippen LogP) is 2.93. The maximum absolute atomic E-state index is 12.7. The minimum absolute atomic E-state index is 0.0523. The number of Topliss-reactive ketones (excluding diaryl/α,β-unsaturated/α-hetero) is 1. The van der Waals surface area contributed by atoms with E-state index in [4.69, 9.17) is 0 Å². The molecule has 1 aromatic rings. The number of carbonyl (C=O) groups excluding carboxylic acids is 2. The van der Waals surface area contributed by atoms with E-state index in [0.717, 1.165) is 25.2 Å². The Kier molecular flexibility index (Phi) is 3.47. The number of urea groups is 1. The summed E-state index contributed by atoms with van der Waals surface area (Å²) in [4.78, 5) is 28.3. The number of hydrogen-bond donors (Lipinski definition) is 0. The van der Waals surface area contributed by atoms with Crippen LogP contribution in [0.2, 0.25) is 0 Å². The maximum atomic E-state index is 12.7. The second-order valence-electron chi connectivity index (χ2n) is 5.82. The van der Waals surface area contributed by atoms with Gasteiger partial charge in [-0.2, -0.15) is 0 Å². The normalized spacial score (nSPS) is 22.6. The van der Waals surface area contributed by atoms with Gasteiger partial charge in [-0.1, -0.05) is 19.1 Å². The van der Waals surface area contributed by atoms with Crippen molar-refractivity contribution in [1.82, 2.24) is 4.90 Å². The van der Waals surface area contributed by atoms with Crippen molar-refractivity contribution in [2.45, 2.75) is 26.2 Å². The topological polar surface area (TPSA) is 40.6 Å². The second kappa shape index (κ2) is 5.27. The van der Waals surface area contributed by atoms with E-state index >= 15 is 0 Å². The lowest BCUT2D eigenvalue weighted by molar-refractivity contribution is 0.0979. The molecule has 1 unspecified atom stereocenters. The van der Waals surface area contributed by atoms with E-state index in [9.17, 15) is 9.59 Å². The quantitative estimate of drug-likeness (QED) is 0.728. The molecule has 0 aliphatic carbocycles. The van der Waals surface area contributed by atoms with Crippen LogP contribution in [0.4, 0.5) is 10.5 Å². The van der Waals surface area contributed by atoms with E-state index in [-0.39, 0.29) is 11.8 Å². The van der Waals surface area contributed by atoms with Crippen molar-refractivity contribution < 1.29 is 9.59 Å². The first-order valence-electron chi connectivity index (χ1n) is 7.35. The number of anilines is 1. The van der Waals surface area contributed by atoms with Crippen molar-refractivity contribution in [2.75, 3.05) is 24.5 Å². The smallest absolute Gasteiger partial charge is 0.324 e. The van der Waals surface area contributed by atoms with E-state index in [1.165, 1.54) is 6.42 Å². The number of amides is 2. The van der Waals surface area contributed by atoms with Gasteiger partial charge in [-0.15, -0.1) is 0 Å². The van der Waals surface area contributed by atoms with Crippen molar-refractivity contribution in [1.29, 1.82) is 0 Å². The molecule has 3 rings (SSSR count). The molecule has 1 saturated heterocycles. The van der Waals surface area contributed by atoms with Gasteiger partial charge in [-0.05, 0) is 30.9 Å². The number of fused-ring (bicyclic) bond motifs is 1. The summed E-state index contributed by atoms with van der Waals surface area (Å²) in [5.74, 6) is 0.700. The Morgan fingerprint density at radius 1 is 1.25 bits per heavy atom. The first-order valence-corrected chi connectivity index (χ1v) is 7.35. The molecule has 4 nitrogen and oxygen atoms in total. The van der Waals surface area contributed by atoms with Crippen LogP contribution < -0.4 is 4.90 Å². The van der Waals surface area contributed by atoms with Gasteiger partial charge in [-0.25, -0.2) is 4.79 Å². The fourth-order valence-corrected chi connectivity index (χ4v) is 3.15. The Bertz CT molecular complexity index is 541. The molecule has 1 aromatic carbocycles. The molecule has 0 bridgehead atoms. The van der Waals surface area contributed by atoms with Gasteiger partial charge in [0.2, 0.25) is 0 Å². The molecule has 2 amide bonds. The van der Waals surface area contributed by atoms with Crippen LogP contribution in [-0.2, 0) is 0 Å². The zero-order valence-corrected chi connectivity index (χ0v) is 11.8. The van der Waals surface area contributed by atoms with Crippen molar-refractivity contribution in [3.63, 3.8) is 0 Å². The minimum atomic E-state index is 0.0523. The third-order valence-corrected chi connectivity index (χ3v) is 4.22. The zero-order valence-electron chi connectivity index (χ0n) is 11.8. The van der Waals surface area contributed by atoms with Crippen molar-refractivity contribution in [3.05, 3.63) is 29.8 Å². The average Bonchev–Trinajstić information content (AvgIpc) is 2.47. The number of para-hydroxylation sites is 1. The van der Waals surface area contributed by atoms with Crippen LogP contribution in [-0.4, -0.2) is 36.3 Å². The molecule has 2 heterocycles. The highest BCUT2D eigenvalue weighted by Gasteiger charge is 2.31. The highest BCUT2D eigenvalue weighted by Crippen LogP contribution is 2.28. The van der Waals surface area contributed by atoms with Crippen molar-refractivity contribution in [3.8, 4) is 0 Å². The molecule has 0 spiro atoms. The summed E-state index contributed by atoms with van der Waals surface area (Å²) in [6.07, 6.45) is 2.69. The summed E-state index contributed by atoms with van der Waals surface area (Å²) in [6, 6.07) is 7.48. The van der Waals surface area contributed by atoms with Crippen molar-refractivity contribution >= 4 is 17.5 Å². The van der Waals surface area contributed by atoms with Crippen molar-refractivity contribution in [2.24, 2.45) is 5.92 Å². The van der Waals surface area contributed by atoms with Crippen LogP contribution in [0.5, 0.6) is 0 Å². The van der Waals surface area contributed by atoms with E-state index in [1.54, 1.807) is 4.90 Å². The summed E-state index contributed by atoms with van der Waals surface area (Å²) in [5.41, 5.74) is 1.45. The standard InChI is InChI=1S/C16H20N2O2/c1-12-5-4-9-17(11-12)16(20)18-10-8-15(19)13-6-2-3-7-14(13)18/h2-3,6-7,12H,4-5,8-11H2,1H3. The van der Waals surface area contributed by atoms with Gasteiger partial charge in [0.15, 0.2) is 5.78 Å². The molecule has 0 aromatic heterocycles. The van der Waals surface area contributed by atoms with Gasteiger partial charge in [0.25, 0.3) is 0 Å². The number of benzene rings is 1. The molecular weight excluding hydrogens is 252 g/mol. The SMILES string of the molecule is CC1CCCN(C(=O)N2CCC(=O)c3ccccc32)C1. The lowest BCUT2D eigenvalue weighted by atomic mass is 9.99. The largest absolute Gasteiger partial charge is 0.324 e. The average molecular weight is 272 g/mol. The molecule has 1 fully saturated rings. The molecule has 106 valence electrons. The summed E-state index contributed by atoms with van der Waals surface area (Å²) in [5, 5.41) is 0. The van der Waals surface area contributed by atoms with Crippen LogP contribution in [0.15, 0.2) is 24.3 Å². The Labute approximate surface area is 119 Å². The molecular formula is C16H20N2O2. The second-order valence-corrected chi connectivity index (χ2v) is 5.82. The number of rotatable bonds is 0. The fraction of sp³-hybridized carbons (Fsp3) is 0.500. The highest BCUT2D eigenvalue weighted by molar-refractivity contribution is 6.08. The Morgan fingerprint density at radius 3 is 2.85 bits per heavy atom. The van der Waals surface area contributed by atoms with E-state index in [1.807, 2.05) is 29.2 Å². The lowest BCUT2D eigenvalue weighted by Crippen LogP contribution is -2.49. The number of piperidine rings is 1. The molecule has 20 heavy (non-hydrogen) atoms. The van der Waals surface area contributed by atoms with Gasteiger partial charge in [-0.3, -0.25) is 9.69 Å². The first-order chi connectivity index (χ1) is 9.66. The summed E-state index contributed by atoms with van der Waals surface area (Å²) >= 11 is 0. The van der Waals surface area contributed by atoms with Gasteiger partial charge >= 0.3 is 6.03 Å². The van der Waals surface area contributed by atoms with Gasteiger partial charge in [0.05, 0.1) is 5.69 Å². The van der Waals surface area contributed by atoms with Crippen LogP contribution in [0.25, 0.3) is 0 Å². The van der Waals surface area contributed by atoms with Crippen LogP contribution >= 0.6 is 0 Å². The van der Waals surface area contributed by atoms with Gasteiger partial charge in [0, 0.05) is 31.6 Å². The predicted molar refractivity (Wildman–Crippen MR) is 78.1 cm³/mol. The third kappa shape index (κ3) is 2.30. The number of carbonyl (C=O) groups is 2. The van der Waals surface area contributed by atoms with Gasteiger partial charge in [0.1, 0.15) is 0 Å². The van der Waals surface area contributed by atoms with Gasteiger partial charge < -0.3 is 4.90 Å². The van der Waals surface area contributed by atoms with Crippen LogP contribution in [0.3, 0.4) is 0 Å². The fourth-order valence-electron chi connectivity index (χ4n) is 3.15. The molecule has 0 saturated carbocycles. The minimum Gasteiger partial charge on any atom is -0.324 e. The summed E-state index contributed by atoms with van der Waals surface area (Å²) in [7, 11) is 0. The molecule has 0 N–H and O–H groups in total. The number of hydrogen-bond acceptors (Lipinski definition) is 2. The van der Waals surface area contributed by atoms with E-state index in [0.29, 0.717) is 24.4 Å². The Hall–Kier alpha value is -1.84. The Morgan fingerprint density at radius 2 is 2.05 bits per heavy atom. The molecule has 2 aliphatic rings. The van der Waals surface area contributed by atoms with E-state index < -0.39 is 0 Å². The Balaban J connectivity index is 1.86. The molecule has 2 aliphatic heterocycles. The highest BCUT2D eigenvalue weighted by atomic mass is 16.2. The molecule has 0 radical (unpaired) electrons. The maximum Gasteiger partial charge on any atom is 0.324 e. The lowest BCUT2D eigenvalue weighted by Gasteiger charge is -2.37. The monoisotopic (exact) mass is 272 g/mol. The van der Waals surface area contributed by atoms with Crippen LogP contribution in [0.1, 0.15) is 36.5 Å². The number of nitrogens with zero attached hydrogens (tertiary/aromatic N) is 2. The third-order valence-electron chi connectivity index (χ3n) is 4.22. The first kappa shape index (κ1) is 13.2. The van der Waals surface area contributed by atoms with Crippen LogP contribution in [0, 0.1) is 5.92 Å². The van der Waals surface area contributed by atoms with E-state index in [2.05, 4.69) is 6.92 Å². The summed E-state index contributed by atoms with van der Waals surface area (Å²) < 4.78 is 0. The number of likely N-dealkylation sites (tertiary alicyclic amines) is 1. The molecule has 4 heteroatoms.